The first-order valence-electron chi connectivity index (χ1n) is 8.94. The van der Waals surface area contributed by atoms with E-state index in [1.165, 1.54) is 0 Å². The average molecular weight is 370 g/mol. The minimum Gasteiger partial charge on any atom is -0.396 e. The zero-order chi connectivity index (χ0) is 18.5. The maximum Gasteiger partial charge on any atom is 0.191 e. The number of guanidine groups is 1. The number of aliphatic imine (C=N–C) groups is 1. The predicted octanol–water partition coefficient (Wildman–Crippen LogP) is 1.81. The molecule has 0 spiro atoms. The number of rotatable bonds is 11. The summed E-state index contributed by atoms with van der Waals surface area (Å²) in [5.74, 6) is 0.972. The van der Waals surface area contributed by atoms with Crippen LogP contribution in [0.25, 0.3) is 0 Å². The quantitative estimate of drug-likeness (QED) is 0.409. The van der Waals surface area contributed by atoms with Gasteiger partial charge in [0.15, 0.2) is 15.8 Å². The Morgan fingerprint density at radius 1 is 1.16 bits per heavy atom. The van der Waals surface area contributed by atoms with Gasteiger partial charge in [0.1, 0.15) is 0 Å². The van der Waals surface area contributed by atoms with Gasteiger partial charge in [0.2, 0.25) is 0 Å². The molecular formula is C18H31N3O3S. The predicted molar refractivity (Wildman–Crippen MR) is 103 cm³/mol. The lowest BCUT2D eigenvalue weighted by molar-refractivity contribution is 0.253. The maximum atomic E-state index is 12.3. The fraction of sp³-hybridized carbons (Fsp3) is 0.611. The van der Waals surface area contributed by atoms with Gasteiger partial charge in [-0.2, -0.15) is 0 Å². The monoisotopic (exact) mass is 369 g/mol. The molecular weight excluding hydrogens is 338 g/mol. The zero-order valence-electron chi connectivity index (χ0n) is 15.2. The van der Waals surface area contributed by atoms with Crippen LogP contribution in [0.5, 0.6) is 0 Å². The molecule has 7 heteroatoms. The number of aliphatic hydroxyl groups is 1. The molecule has 0 aliphatic rings. The highest BCUT2D eigenvalue weighted by atomic mass is 32.2. The van der Waals surface area contributed by atoms with Crippen LogP contribution in [0.15, 0.2) is 40.2 Å². The van der Waals surface area contributed by atoms with E-state index in [2.05, 4.69) is 22.5 Å². The summed E-state index contributed by atoms with van der Waals surface area (Å²) in [5.41, 5.74) is 0. The van der Waals surface area contributed by atoms with Gasteiger partial charge in [-0.25, -0.2) is 8.42 Å². The number of aliphatic hydroxyl groups excluding tert-OH is 1. The van der Waals surface area contributed by atoms with Crippen LogP contribution in [0.2, 0.25) is 0 Å². The van der Waals surface area contributed by atoms with Gasteiger partial charge in [0, 0.05) is 26.2 Å². The molecule has 0 heterocycles. The molecule has 0 fully saturated rings. The number of hydrogen-bond donors (Lipinski definition) is 3. The Hall–Kier alpha value is -1.60. The lowest BCUT2D eigenvalue weighted by atomic mass is 10.0. The first kappa shape index (κ1) is 21.4. The van der Waals surface area contributed by atoms with Gasteiger partial charge < -0.3 is 15.7 Å². The van der Waals surface area contributed by atoms with Gasteiger partial charge in [-0.15, -0.1) is 0 Å². The average Bonchev–Trinajstić information content (AvgIpc) is 2.60. The van der Waals surface area contributed by atoms with E-state index in [0.717, 1.165) is 19.3 Å². The van der Waals surface area contributed by atoms with Crippen LogP contribution in [0.3, 0.4) is 0 Å². The van der Waals surface area contributed by atoms with Crippen molar-refractivity contribution in [3.63, 3.8) is 0 Å². The Balaban J connectivity index is 2.58. The highest BCUT2D eigenvalue weighted by Gasteiger charge is 2.14. The van der Waals surface area contributed by atoms with Crippen LogP contribution in [-0.2, 0) is 9.84 Å². The molecule has 1 aromatic rings. The van der Waals surface area contributed by atoms with Crippen molar-refractivity contribution in [2.45, 2.75) is 38.0 Å². The van der Waals surface area contributed by atoms with Crippen LogP contribution in [0.4, 0.5) is 0 Å². The second-order valence-electron chi connectivity index (χ2n) is 5.95. The van der Waals surface area contributed by atoms with Crippen molar-refractivity contribution in [1.29, 1.82) is 0 Å². The van der Waals surface area contributed by atoms with E-state index in [-0.39, 0.29) is 12.4 Å². The van der Waals surface area contributed by atoms with Gasteiger partial charge in [-0.1, -0.05) is 31.5 Å². The fourth-order valence-electron chi connectivity index (χ4n) is 2.53. The van der Waals surface area contributed by atoms with E-state index in [1.807, 2.05) is 6.92 Å². The summed E-state index contributed by atoms with van der Waals surface area (Å²) in [6.07, 6.45) is 2.81. The molecule has 25 heavy (non-hydrogen) atoms. The molecule has 0 aliphatic carbocycles. The minimum atomic E-state index is -3.30. The molecule has 1 rings (SSSR count). The van der Waals surface area contributed by atoms with Gasteiger partial charge in [0.25, 0.3) is 0 Å². The van der Waals surface area contributed by atoms with Gasteiger partial charge in [-0.05, 0) is 37.8 Å². The molecule has 0 aliphatic heterocycles. The third kappa shape index (κ3) is 8.36. The fourth-order valence-corrected chi connectivity index (χ4v) is 3.71. The van der Waals surface area contributed by atoms with E-state index in [1.54, 1.807) is 30.3 Å². The van der Waals surface area contributed by atoms with Crippen molar-refractivity contribution in [2.24, 2.45) is 10.9 Å². The smallest absolute Gasteiger partial charge is 0.191 e. The Bertz CT molecular complexity index is 597. The third-order valence-corrected chi connectivity index (χ3v) is 5.58. The van der Waals surface area contributed by atoms with E-state index in [0.29, 0.717) is 36.4 Å². The lowest BCUT2D eigenvalue weighted by Gasteiger charge is -2.15. The molecule has 0 radical (unpaired) electrons. The van der Waals surface area contributed by atoms with Crippen molar-refractivity contribution in [2.75, 3.05) is 32.0 Å². The van der Waals surface area contributed by atoms with E-state index >= 15 is 0 Å². The highest BCUT2D eigenvalue weighted by Crippen LogP contribution is 2.11. The second kappa shape index (κ2) is 11.9. The van der Waals surface area contributed by atoms with Crippen molar-refractivity contribution in [3.05, 3.63) is 30.3 Å². The molecule has 1 atom stereocenters. The molecule has 0 aromatic heterocycles. The lowest BCUT2D eigenvalue weighted by Crippen LogP contribution is -2.40. The Morgan fingerprint density at radius 2 is 1.88 bits per heavy atom. The summed E-state index contributed by atoms with van der Waals surface area (Å²) in [5, 5.41) is 15.3. The summed E-state index contributed by atoms with van der Waals surface area (Å²) in [4.78, 5) is 4.87. The Kier molecular flexibility index (Phi) is 10.2. The summed E-state index contributed by atoms with van der Waals surface area (Å²) in [6.45, 7) is 5.87. The largest absolute Gasteiger partial charge is 0.396 e. The third-order valence-electron chi connectivity index (χ3n) is 3.85. The van der Waals surface area contributed by atoms with Crippen molar-refractivity contribution in [3.8, 4) is 0 Å². The molecule has 1 unspecified atom stereocenters. The Morgan fingerprint density at radius 3 is 2.48 bits per heavy atom. The van der Waals surface area contributed by atoms with E-state index in [9.17, 15) is 8.42 Å². The van der Waals surface area contributed by atoms with E-state index in [4.69, 9.17) is 5.11 Å². The first-order chi connectivity index (χ1) is 12.0. The number of nitrogens with zero attached hydrogens (tertiary/aromatic N) is 1. The molecule has 0 saturated heterocycles. The summed E-state index contributed by atoms with van der Waals surface area (Å²) >= 11 is 0. The Labute approximate surface area is 151 Å². The summed E-state index contributed by atoms with van der Waals surface area (Å²) < 4.78 is 24.6. The number of sulfone groups is 1. The molecule has 3 N–H and O–H groups in total. The van der Waals surface area contributed by atoms with Crippen LogP contribution < -0.4 is 10.6 Å². The van der Waals surface area contributed by atoms with E-state index < -0.39 is 9.84 Å². The number of hydrogen-bond acceptors (Lipinski definition) is 4. The maximum absolute atomic E-state index is 12.3. The topological polar surface area (TPSA) is 90.8 Å². The molecule has 1 aromatic carbocycles. The van der Waals surface area contributed by atoms with Crippen LogP contribution >= 0.6 is 0 Å². The molecule has 0 bridgehead atoms. The number of nitrogens with one attached hydrogen (secondary N) is 2. The molecule has 6 nitrogen and oxygen atoms in total. The van der Waals surface area contributed by atoms with Crippen LogP contribution in [-0.4, -0.2) is 51.5 Å². The SMILES string of the molecule is CCCC(CCO)CN=C(NCC)NCCS(=O)(=O)c1ccccc1. The number of benzene rings is 1. The second-order valence-corrected chi connectivity index (χ2v) is 8.05. The molecule has 142 valence electrons. The van der Waals surface area contributed by atoms with Gasteiger partial charge in [-0.3, -0.25) is 4.99 Å². The summed E-state index contributed by atoms with van der Waals surface area (Å²) in [6, 6.07) is 8.46. The molecule has 0 saturated carbocycles. The van der Waals surface area contributed by atoms with Gasteiger partial charge >= 0.3 is 0 Å². The summed E-state index contributed by atoms with van der Waals surface area (Å²) in [7, 11) is -3.30. The molecule has 0 amide bonds. The zero-order valence-corrected chi connectivity index (χ0v) is 16.1. The first-order valence-corrected chi connectivity index (χ1v) is 10.6. The standard InChI is InChI=1S/C18H31N3O3S/c1-3-8-16(11-13-22)15-21-18(19-4-2)20-12-14-25(23,24)17-9-6-5-7-10-17/h5-7,9-10,16,22H,3-4,8,11-15H2,1-2H3,(H2,19,20,21). The van der Waals surface area contributed by atoms with Crippen LogP contribution in [0, 0.1) is 5.92 Å². The normalized spacial score (nSPS) is 13.5. The van der Waals surface area contributed by atoms with Crippen LogP contribution in [0.1, 0.15) is 33.1 Å². The van der Waals surface area contributed by atoms with Gasteiger partial charge in [0.05, 0.1) is 10.6 Å². The highest BCUT2D eigenvalue weighted by molar-refractivity contribution is 7.91. The minimum absolute atomic E-state index is 0.0104. The van der Waals surface area contributed by atoms with Crippen molar-refractivity contribution < 1.29 is 13.5 Å². The van der Waals surface area contributed by atoms with Crippen molar-refractivity contribution in [1.82, 2.24) is 10.6 Å². The van der Waals surface area contributed by atoms with Crippen molar-refractivity contribution >= 4 is 15.8 Å².